The van der Waals surface area contributed by atoms with Crippen LogP contribution in [-0.2, 0) is 9.46 Å². The van der Waals surface area contributed by atoms with Gasteiger partial charge in [-0.05, 0) is 25.7 Å². The predicted octanol–water partition coefficient (Wildman–Crippen LogP) is 2.23. The van der Waals surface area contributed by atoms with Crippen molar-refractivity contribution in [3.8, 4) is 0 Å². The zero-order chi connectivity index (χ0) is 12.3. The minimum absolute atomic E-state index is 0.968. The van der Waals surface area contributed by atoms with Gasteiger partial charge in [0, 0.05) is 32.4 Å². The van der Waals surface area contributed by atoms with E-state index in [-0.39, 0.29) is 0 Å². The Balaban J connectivity index is 2.11. The molecule has 0 aromatic rings. The summed E-state index contributed by atoms with van der Waals surface area (Å²) in [5, 5.41) is 0. The van der Waals surface area contributed by atoms with Crippen molar-refractivity contribution in [3.63, 3.8) is 0 Å². The van der Waals surface area contributed by atoms with Gasteiger partial charge in [0.1, 0.15) is 0 Å². The van der Waals surface area contributed by atoms with Gasteiger partial charge in [-0.3, -0.25) is 9.34 Å². The first kappa shape index (κ1) is 13.7. The molecular weight excluding hydrogens is 255 g/mol. The van der Waals surface area contributed by atoms with Crippen LogP contribution in [0.5, 0.6) is 0 Å². The number of hydrogen-bond acceptors (Lipinski definition) is 4. The fourth-order valence-corrected chi connectivity index (χ4v) is 8.64. The van der Waals surface area contributed by atoms with Gasteiger partial charge in [-0.1, -0.05) is 12.8 Å². The fourth-order valence-electron chi connectivity index (χ4n) is 2.70. The summed E-state index contributed by atoms with van der Waals surface area (Å²) in [5.41, 5.74) is 0. The average Bonchev–Trinajstić information content (AvgIpc) is 2.30. The molecule has 4 nitrogen and oxygen atoms in total. The van der Waals surface area contributed by atoms with Gasteiger partial charge in [-0.25, -0.2) is 8.42 Å². The number of hydrogen-bond donors (Lipinski definition) is 0. The summed E-state index contributed by atoms with van der Waals surface area (Å²) in [7, 11) is -4.05. The van der Waals surface area contributed by atoms with E-state index in [2.05, 4.69) is 9.34 Å². The van der Waals surface area contributed by atoms with Crippen molar-refractivity contribution in [1.29, 1.82) is 0 Å². The van der Waals surface area contributed by atoms with Crippen LogP contribution in [0.2, 0.25) is 0 Å². The van der Waals surface area contributed by atoms with E-state index in [9.17, 15) is 8.42 Å². The Morgan fingerprint density at radius 3 is 1.41 bits per heavy atom. The van der Waals surface area contributed by atoms with Crippen molar-refractivity contribution in [3.05, 3.63) is 0 Å². The van der Waals surface area contributed by atoms with Crippen LogP contribution in [-0.4, -0.2) is 50.2 Å². The molecule has 2 aliphatic rings. The highest BCUT2D eigenvalue weighted by atomic mass is 32.8. The van der Waals surface area contributed by atoms with Crippen LogP contribution in [0.25, 0.3) is 0 Å². The van der Waals surface area contributed by atoms with Gasteiger partial charge in [0.15, 0.2) is 16.9 Å². The SMILES string of the molecule is CS(=O)(=O)P(N1CCCCC1)N1CCCCC1. The molecule has 2 saturated heterocycles. The highest BCUT2D eigenvalue weighted by Gasteiger charge is 2.35. The van der Waals surface area contributed by atoms with Crippen LogP contribution >= 0.6 is 7.42 Å². The summed E-state index contributed by atoms with van der Waals surface area (Å²) in [5.74, 6) is 0. The summed E-state index contributed by atoms with van der Waals surface area (Å²) < 4.78 is 28.6. The van der Waals surface area contributed by atoms with Gasteiger partial charge in [-0.2, -0.15) is 0 Å². The Morgan fingerprint density at radius 2 is 1.12 bits per heavy atom. The summed E-state index contributed by atoms with van der Waals surface area (Å²) in [6.45, 7) is 3.87. The van der Waals surface area contributed by atoms with Gasteiger partial charge < -0.3 is 0 Å². The van der Waals surface area contributed by atoms with E-state index in [1.54, 1.807) is 0 Å². The Kier molecular flexibility index (Phi) is 4.81. The first-order chi connectivity index (χ1) is 8.09. The summed E-state index contributed by atoms with van der Waals surface area (Å²) in [6.07, 6.45) is 8.55. The van der Waals surface area contributed by atoms with E-state index >= 15 is 0 Å². The highest BCUT2D eigenvalue weighted by molar-refractivity contribution is 8.48. The number of nitrogens with zero attached hydrogens (tertiary/aromatic N) is 2. The lowest BCUT2D eigenvalue weighted by Gasteiger charge is -2.40. The lowest BCUT2D eigenvalue weighted by atomic mass is 10.2. The first-order valence-corrected chi connectivity index (χ1v) is 10.3. The molecule has 0 saturated carbocycles. The third-order valence-electron chi connectivity index (χ3n) is 3.45. The quantitative estimate of drug-likeness (QED) is 0.742. The second-order valence-electron chi connectivity index (χ2n) is 5.01. The molecule has 2 heterocycles. The molecule has 0 spiro atoms. The Labute approximate surface area is 106 Å². The van der Waals surface area contributed by atoms with Gasteiger partial charge >= 0.3 is 0 Å². The number of rotatable bonds is 3. The van der Waals surface area contributed by atoms with Crippen LogP contribution in [0, 0.1) is 0 Å². The smallest absolute Gasteiger partial charge is 0.193 e. The van der Waals surface area contributed by atoms with Crippen LogP contribution in [0.4, 0.5) is 0 Å². The second kappa shape index (κ2) is 5.96. The van der Waals surface area contributed by atoms with E-state index in [4.69, 9.17) is 0 Å². The summed E-state index contributed by atoms with van der Waals surface area (Å²) in [4.78, 5) is 0. The Morgan fingerprint density at radius 1 is 0.765 bits per heavy atom. The molecule has 0 aliphatic carbocycles. The maximum absolute atomic E-state index is 12.1. The lowest BCUT2D eigenvalue weighted by Crippen LogP contribution is -2.37. The van der Waals surface area contributed by atoms with E-state index < -0.39 is 16.9 Å². The van der Waals surface area contributed by atoms with E-state index in [1.807, 2.05) is 0 Å². The molecule has 2 aliphatic heterocycles. The monoisotopic (exact) mass is 278 g/mol. The first-order valence-electron chi connectivity index (χ1n) is 6.59. The minimum Gasteiger partial charge on any atom is -0.257 e. The Bertz CT molecular complexity index is 317. The van der Waals surface area contributed by atoms with E-state index in [0.29, 0.717) is 0 Å². The molecule has 0 radical (unpaired) electrons. The minimum atomic E-state index is -2.95. The number of piperidine rings is 2. The lowest BCUT2D eigenvalue weighted by molar-refractivity contribution is 0.316. The summed E-state index contributed by atoms with van der Waals surface area (Å²) >= 11 is 0. The molecule has 2 rings (SSSR count). The molecule has 0 unspecified atom stereocenters. The molecular formula is C11H23N2O2PS. The molecule has 0 aromatic heterocycles. The topological polar surface area (TPSA) is 40.6 Å². The standard InChI is InChI=1S/C11H23N2O2PS/c1-17(14,15)16(12-8-4-2-5-9-12)13-10-6-3-7-11-13/h2-11H2,1H3. The Hall–Kier alpha value is 0.300. The zero-order valence-electron chi connectivity index (χ0n) is 10.6. The third-order valence-corrected chi connectivity index (χ3v) is 8.97. The predicted molar refractivity (Wildman–Crippen MR) is 72.6 cm³/mol. The van der Waals surface area contributed by atoms with Crippen molar-refractivity contribution in [2.45, 2.75) is 38.5 Å². The maximum atomic E-state index is 12.1. The van der Waals surface area contributed by atoms with Gasteiger partial charge in [-0.15, -0.1) is 0 Å². The van der Waals surface area contributed by atoms with Crippen molar-refractivity contribution >= 4 is 16.9 Å². The normalized spacial score (nSPS) is 25.3. The van der Waals surface area contributed by atoms with Gasteiger partial charge in [0.25, 0.3) is 0 Å². The van der Waals surface area contributed by atoms with Crippen molar-refractivity contribution in [2.75, 3.05) is 32.4 Å². The van der Waals surface area contributed by atoms with Crippen molar-refractivity contribution in [2.24, 2.45) is 0 Å². The summed E-state index contributed by atoms with van der Waals surface area (Å²) in [6, 6.07) is 0. The highest BCUT2D eigenvalue weighted by Crippen LogP contribution is 2.51. The van der Waals surface area contributed by atoms with Crippen LogP contribution < -0.4 is 0 Å². The largest absolute Gasteiger partial charge is 0.257 e. The molecule has 0 amide bonds. The third kappa shape index (κ3) is 3.63. The molecule has 2 fully saturated rings. The zero-order valence-corrected chi connectivity index (χ0v) is 12.3. The van der Waals surface area contributed by atoms with Crippen LogP contribution in [0.3, 0.4) is 0 Å². The van der Waals surface area contributed by atoms with Crippen molar-refractivity contribution < 1.29 is 8.42 Å². The molecule has 0 atom stereocenters. The molecule has 100 valence electrons. The van der Waals surface area contributed by atoms with Gasteiger partial charge in [0.05, 0.1) is 0 Å². The fraction of sp³-hybridized carbons (Fsp3) is 1.00. The van der Waals surface area contributed by atoms with Crippen LogP contribution in [0.1, 0.15) is 38.5 Å². The van der Waals surface area contributed by atoms with Crippen LogP contribution in [0.15, 0.2) is 0 Å². The molecule has 0 bridgehead atoms. The molecule has 17 heavy (non-hydrogen) atoms. The molecule has 6 heteroatoms. The average molecular weight is 278 g/mol. The van der Waals surface area contributed by atoms with Crippen molar-refractivity contribution in [1.82, 2.24) is 9.34 Å². The second-order valence-corrected chi connectivity index (χ2v) is 11.1. The molecule has 0 N–H and O–H groups in total. The molecule has 0 aromatic carbocycles. The van der Waals surface area contributed by atoms with Gasteiger partial charge in [0.2, 0.25) is 0 Å². The van der Waals surface area contributed by atoms with E-state index in [1.165, 1.54) is 19.1 Å². The van der Waals surface area contributed by atoms with E-state index in [0.717, 1.165) is 51.9 Å². The maximum Gasteiger partial charge on any atom is 0.193 e.